The minimum absolute atomic E-state index is 0.0427. The SMILES string of the molecule is COc1cccc([C@@H]2C[C@H]2C(=O)NCCNC(=O)C2CCCCC2)c1. The van der Waals surface area contributed by atoms with Crippen LogP contribution in [-0.2, 0) is 9.59 Å². The third-order valence-electron chi connectivity index (χ3n) is 5.35. The van der Waals surface area contributed by atoms with E-state index >= 15 is 0 Å². The molecule has 0 aromatic heterocycles. The first kappa shape index (κ1) is 17.8. The van der Waals surface area contributed by atoms with Crippen molar-refractivity contribution in [3.63, 3.8) is 0 Å². The van der Waals surface area contributed by atoms with Crippen molar-refractivity contribution in [2.24, 2.45) is 11.8 Å². The van der Waals surface area contributed by atoms with E-state index in [2.05, 4.69) is 10.6 Å². The van der Waals surface area contributed by atoms with Crippen molar-refractivity contribution in [3.05, 3.63) is 29.8 Å². The molecule has 2 atom stereocenters. The molecule has 5 heteroatoms. The van der Waals surface area contributed by atoms with Crippen LogP contribution in [0, 0.1) is 11.8 Å². The molecule has 0 aliphatic heterocycles. The van der Waals surface area contributed by atoms with Crippen molar-refractivity contribution in [2.45, 2.75) is 44.4 Å². The highest BCUT2D eigenvalue weighted by atomic mass is 16.5. The molecule has 5 nitrogen and oxygen atoms in total. The van der Waals surface area contributed by atoms with Crippen LogP contribution in [0.25, 0.3) is 0 Å². The molecule has 25 heavy (non-hydrogen) atoms. The molecule has 3 rings (SSSR count). The van der Waals surface area contributed by atoms with E-state index in [1.54, 1.807) is 7.11 Å². The number of nitrogens with one attached hydrogen (secondary N) is 2. The van der Waals surface area contributed by atoms with Crippen LogP contribution in [0.5, 0.6) is 5.75 Å². The Morgan fingerprint density at radius 1 is 1.08 bits per heavy atom. The second kappa shape index (κ2) is 8.37. The molecular formula is C20H28N2O3. The predicted octanol–water partition coefficient (Wildman–Crippen LogP) is 2.61. The normalized spacial score (nSPS) is 22.9. The first-order chi connectivity index (χ1) is 12.2. The highest BCUT2D eigenvalue weighted by molar-refractivity contribution is 5.83. The van der Waals surface area contributed by atoms with Gasteiger partial charge in [-0.15, -0.1) is 0 Å². The second-order valence-electron chi connectivity index (χ2n) is 7.14. The Bertz CT molecular complexity index is 611. The number of methoxy groups -OCH3 is 1. The van der Waals surface area contributed by atoms with E-state index in [9.17, 15) is 9.59 Å². The van der Waals surface area contributed by atoms with Gasteiger partial charge in [0, 0.05) is 24.9 Å². The number of ether oxygens (including phenoxy) is 1. The van der Waals surface area contributed by atoms with E-state index in [0.717, 1.165) is 43.4 Å². The average Bonchev–Trinajstić information content (AvgIpc) is 3.46. The molecule has 2 N–H and O–H groups in total. The molecule has 1 aromatic rings. The molecular weight excluding hydrogens is 316 g/mol. The van der Waals surface area contributed by atoms with Crippen LogP contribution in [0.4, 0.5) is 0 Å². The molecule has 2 aliphatic rings. The fraction of sp³-hybridized carbons (Fsp3) is 0.600. The Hall–Kier alpha value is -2.04. The van der Waals surface area contributed by atoms with Gasteiger partial charge in [-0.1, -0.05) is 31.4 Å². The molecule has 136 valence electrons. The summed E-state index contributed by atoms with van der Waals surface area (Å²) in [5.74, 6) is 1.56. The van der Waals surface area contributed by atoms with Crippen molar-refractivity contribution < 1.29 is 14.3 Å². The van der Waals surface area contributed by atoms with Crippen LogP contribution in [0.3, 0.4) is 0 Å². The third-order valence-corrected chi connectivity index (χ3v) is 5.35. The van der Waals surface area contributed by atoms with Gasteiger partial charge in [0.1, 0.15) is 5.75 Å². The van der Waals surface area contributed by atoms with Crippen LogP contribution in [0.15, 0.2) is 24.3 Å². The summed E-state index contributed by atoms with van der Waals surface area (Å²) in [6.07, 6.45) is 6.44. The Kier molecular flexibility index (Phi) is 5.95. The van der Waals surface area contributed by atoms with Crippen LogP contribution in [0.2, 0.25) is 0 Å². The third kappa shape index (κ3) is 4.74. The molecule has 0 spiro atoms. The molecule has 0 radical (unpaired) electrons. The molecule has 0 bridgehead atoms. The van der Waals surface area contributed by atoms with E-state index in [1.807, 2.05) is 24.3 Å². The lowest BCUT2D eigenvalue weighted by molar-refractivity contribution is -0.126. The zero-order chi connectivity index (χ0) is 17.6. The van der Waals surface area contributed by atoms with Gasteiger partial charge in [-0.3, -0.25) is 9.59 Å². The smallest absolute Gasteiger partial charge is 0.223 e. The molecule has 2 fully saturated rings. The number of carbonyl (C=O) groups excluding carboxylic acids is 2. The van der Waals surface area contributed by atoms with Gasteiger partial charge in [0.05, 0.1) is 7.11 Å². The van der Waals surface area contributed by atoms with Crippen molar-refractivity contribution in [1.82, 2.24) is 10.6 Å². The number of rotatable bonds is 7. The van der Waals surface area contributed by atoms with Gasteiger partial charge < -0.3 is 15.4 Å². The maximum Gasteiger partial charge on any atom is 0.223 e. The monoisotopic (exact) mass is 344 g/mol. The van der Waals surface area contributed by atoms with Gasteiger partial charge in [0.25, 0.3) is 0 Å². The zero-order valence-corrected chi connectivity index (χ0v) is 14.9. The number of benzene rings is 1. The first-order valence-electron chi connectivity index (χ1n) is 9.38. The Morgan fingerprint density at radius 2 is 1.80 bits per heavy atom. The first-order valence-corrected chi connectivity index (χ1v) is 9.38. The topological polar surface area (TPSA) is 67.4 Å². The molecule has 2 amide bonds. The molecule has 0 heterocycles. The van der Waals surface area contributed by atoms with Gasteiger partial charge in [0.15, 0.2) is 0 Å². The number of carbonyl (C=O) groups is 2. The largest absolute Gasteiger partial charge is 0.497 e. The van der Waals surface area contributed by atoms with Gasteiger partial charge in [-0.2, -0.15) is 0 Å². The minimum Gasteiger partial charge on any atom is -0.497 e. The second-order valence-corrected chi connectivity index (χ2v) is 7.14. The van der Waals surface area contributed by atoms with E-state index in [4.69, 9.17) is 4.74 Å². The number of amides is 2. The fourth-order valence-electron chi connectivity index (χ4n) is 3.74. The number of hydrogen-bond donors (Lipinski definition) is 2. The lowest BCUT2D eigenvalue weighted by Gasteiger charge is -2.20. The summed E-state index contributed by atoms with van der Waals surface area (Å²) in [6, 6.07) is 7.92. The fourth-order valence-corrected chi connectivity index (χ4v) is 3.74. The van der Waals surface area contributed by atoms with Gasteiger partial charge in [0.2, 0.25) is 11.8 Å². The van der Waals surface area contributed by atoms with E-state index < -0.39 is 0 Å². The number of hydrogen-bond acceptors (Lipinski definition) is 3. The van der Waals surface area contributed by atoms with Crippen LogP contribution in [-0.4, -0.2) is 32.0 Å². The lowest BCUT2D eigenvalue weighted by Crippen LogP contribution is -2.38. The molecule has 1 aromatic carbocycles. The van der Waals surface area contributed by atoms with Crippen molar-refractivity contribution in [1.29, 1.82) is 0 Å². The summed E-state index contributed by atoms with van der Waals surface area (Å²) in [4.78, 5) is 24.3. The van der Waals surface area contributed by atoms with E-state index in [0.29, 0.717) is 13.1 Å². The standard InChI is InChI=1S/C20H28N2O3/c1-25-16-9-5-8-15(12-16)17-13-18(17)20(24)22-11-10-21-19(23)14-6-3-2-4-7-14/h5,8-9,12,14,17-18H,2-4,6-7,10-11,13H2,1H3,(H,21,23)(H,22,24)/t17-,18+/m0/s1. The van der Waals surface area contributed by atoms with Crippen molar-refractivity contribution >= 4 is 11.8 Å². The van der Waals surface area contributed by atoms with Crippen LogP contribution in [0.1, 0.15) is 50.0 Å². The highest BCUT2D eigenvalue weighted by Gasteiger charge is 2.43. The highest BCUT2D eigenvalue weighted by Crippen LogP contribution is 2.48. The Labute approximate surface area is 149 Å². The lowest BCUT2D eigenvalue weighted by atomic mass is 9.89. The zero-order valence-electron chi connectivity index (χ0n) is 14.9. The Morgan fingerprint density at radius 3 is 2.52 bits per heavy atom. The van der Waals surface area contributed by atoms with E-state index in [-0.39, 0.29) is 29.6 Å². The summed E-state index contributed by atoms with van der Waals surface area (Å²) in [7, 11) is 1.65. The maximum atomic E-state index is 12.2. The summed E-state index contributed by atoms with van der Waals surface area (Å²) in [6.45, 7) is 1.01. The van der Waals surface area contributed by atoms with Gasteiger partial charge >= 0.3 is 0 Å². The summed E-state index contributed by atoms with van der Waals surface area (Å²) >= 11 is 0. The van der Waals surface area contributed by atoms with Gasteiger partial charge in [-0.05, 0) is 42.9 Å². The molecule has 2 saturated carbocycles. The van der Waals surface area contributed by atoms with Crippen molar-refractivity contribution in [3.8, 4) is 5.75 Å². The predicted molar refractivity (Wildman–Crippen MR) is 96.4 cm³/mol. The maximum absolute atomic E-state index is 12.2. The van der Waals surface area contributed by atoms with Crippen LogP contribution < -0.4 is 15.4 Å². The molecule has 0 saturated heterocycles. The quantitative estimate of drug-likeness (QED) is 0.747. The summed E-state index contributed by atoms with van der Waals surface area (Å²) in [5.41, 5.74) is 1.16. The average molecular weight is 344 g/mol. The minimum atomic E-state index is 0.0427. The van der Waals surface area contributed by atoms with Crippen molar-refractivity contribution in [2.75, 3.05) is 20.2 Å². The Balaban J connectivity index is 1.35. The summed E-state index contributed by atoms with van der Waals surface area (Å²) < 4.78 is 5.24. The molecule has 0 unspecified atom stereocenters. The molecule has 2 aliphatic carbocycles. The van der Waals surface area contributed by atoms with Crippen LogP contribution >= 0.6 is 0 Å². The summed E-state index contributed by atoms with van der Waals surface area (Å²) in [5, 5.41) is 5.90. The van der Waals surface area contributed by atoms with Gasteiger partial charge in [-0.25, -0.2) is 0 Å². The van der Waals surface area contributed by atoms with E-state index in [1.165, 1.54) is 6.42 Å².